The molecule has 3 N–H and O–H groups in total. The van der Waals surface area contributed by atoms with Gasteiger partial charge in [0.1, 0.15) is 11.5 Å². The van der Waals surface area contributed by atoms with Gasteiger partial charge in [-0.25, -0.2) is 0 Å². The molecule has 0 bridgehead atoms. The number of nitrogens with zero attached hydrogens (tertiary/aromatic N) is 3. The van der Waals surface area contributed by atoms with Crippen LogP contribution >= 0.6 is 22.9 Å². The number of halogens is 1. The van der Waals surface area contributed by atoms with E-state index in [1.807, 2.05) is 36.4 Å². The lowest BCUT2D eigenvalue weighted by molar-refractivity contribution is 0.0945. The number of aromatic nitrogens is 3. The summed E-state index contributed by atoms with van der Waals surface area (Å²) in [5, 5.41) is 7.83. The Labute approximate surface area is 239 Å². The predicted molar refractivity (Wildman–Crippen MR) is 159 cm³/mol. The Balaban J connectivity index is 1.58. The van der Waals surface area contributed by atoms with E-state index in [-0.39, 0.29) is 11.1 Å². The number of anilines is 1. The number of hydrogen-bond acceptors (Lipinski definition) is 6. The van der Waals surface area contributed by atoms with Crippen molar-refractivity contribution in [1.82, 2.24) is 14.3 Å². The van der Waals surface area contributed by atoms with Crippen LogP contribution < -0.4 is 16.6 Å². The number of amides is 1. The minimum absolute atomic E-state index is 0.263. The second kappa shape index (κ2) is 11.6. The third-order valence-corrected chi connectivity index (χ3v) is 7.49. The zero-order valence-corrected chi connectivity index (χ0v) is 22.8. The van der Waals surface area contributed by atoms with Crippen LogP contribution in [0.15, 0.2) is 96.4 Å². The van der Waals surface area contributed by atoms with Gasteiger partial charge in [0.25, 0.3) is 11.5 Å². The minimum atomic E-state index is -0.592. The lowest BCUT2D eigenvalue weighted by Crippen LogP contribution is -2.23. The second-order valence-electron chi connectivity index (χ2n) is 8.90. The third kappa shape index (κ3) is 5.66. The molecule has 3 aromatic heterocycles. The number of primary amides is 1. The fourth-order valence-electron chi connectivity index (χ4n) is 4.23. The van der Waals surface area contributed by atoms with Gasteiger partial charge in [0.15, 0.2) is 0 Å². The lowest BCUT2D eigenvalue weighted by Gasteiger charge is -2.10. The first-order valence-electron chi connectivity index (χ1n) is 12.3. The van der Waals surface area contributed by atoms with Crippen molar-refractivity contribution in [2.45, 2.75) is 13.1 Å². The summed E-state index contributed by atoms with van der Waals surface area (Å²) in [5.41, 5.74) is 7.86. The van der Waals surface area contributed by atoms with Crippen molar-refractivity contribution >= 4 is 46.6 Å². The Morgan fingerprint density at radius 3 is 2.40 bits per heavy atom. The van der Waals surface area contributed by atoms with Gasteiger partial charge in [-0.3, -0.25) is 14.4 Å². The van der Waals surface area contributed by atoms with E-state index >= 15 is 0 Å². The zero-order chi connectivity index (χ0) is 28.2. The maximum absolute atomic E-state index is 13.7. The summed E-state index contributed by atoms with van der Waals surface area (Å²) >= 11 is 7.50. The molecule has 3 heterocycles. The average Bonchev–Trinajstić information content (AvgIpc) is 3.58. The van der Waals surface area contributed by atoms with Gasteiger partial charge in [0.2, 0.25) is 5.91 Å². The van der Waals surface area contributed by atoms with Gasteiger partial charge in [0, 0.05) is 28.3 Å². The summed E-state index contributed by atoms with van der Waals surface area (Å²) in [6, 6.07) is 22.8. The van der Waals surface area contributed by atoms with Crippen molar-refractivity contribution in [2.24, 2.45) is 5.73 Å². The highest BCUT2D eigenvalue weighted by Gasteiger charge is 2.21. The molecule has 0 saturated carbocycles. The number of rotatable bonds is 9. The van der Waals surface area contributed by atoms with Crippen molar-refractivity contribution in [3.8, 4) is 11.3 Å². The molecular weight excluding hydrogens is 546 g/mol. The van der Waals surface area contributed by atoms with Gasteiger partial charge in [-0.05, 0) is 53.6 Å². The summed E-state index contributed by atoms with van der Waals surface area (Å²) in [7, 11) is 0. The summed E-state index contributed by atoms with van der Waals surface area (Å²) in [6.07, 6.45) is 3.31. The molecule has 1 amide bonds. The van der Waals surface area contributed by atoms with Crippen LogP contribution in [-0.2, 0) is 13.1 Å². The lowest BCUT2D eigenvalue weighted by atomic mass is 10.1. The second-order valence-corrected chi connectivity index (χ2v) is 10.7. The van der Waals surface area contributed by atoms with E-state index in [9.17, 15) is 14.4 Å². The van der Waals surface area contributed by atoms with Crippen LogP contribution in [0.3, 0.4) is 0 Å². The van der Waals surface area contributed by atoms with E-state index in [0.29, 0.717) is 45.6 Å². The van der Waals surface area contributed by atoms with E-state index in [1.54, 1.807) is 35.0 Å². The molecule has 0 aliphatic carbocycles. The standard InChI is InChI=1S/C30H24ClN5O3S/c1-2-20-14-15-35(18-19-6-4-3-5-7-19)30(39)27(20)24-16-26(33-17-23-12-13-25(31)40-23)36(34-24)29(38)22-10-8-21(9-11-22)28(32)37/h2-16,33H,1,17-18H2,(H2,32,37). The number of pyridine rings is 1. The molecule has 40 heavy (non-hydrogen) atoms. The molecule has 8 nitrogen and oxygen atoms in total. The Morgan fingerprint density at radius 2 is 1.75 bits per heavy atom. The van der Waals surface area contributed by atoms with Gasteiger partial charge in [0.05, 0.1) is 23.0 Å². The molecule has 0 radical (unpaired) electrons. The quantitative estimate of drug-likeness (QED) is 0.243. The maximum Gasteiger partial charge on any atom is 0.280 e. The Bertz CT molecular complexity index is 1770. The van der Waals surface area contributed by atoms with Crippen molar-refractivity contribution in [1.29, 1.82) is 0 Å². The van der Waals surface area contributed by atoms with Crippen molar-refractivity contribution in [3.05, 3.63) is 133 Å². The van der Waals surface area contributed by atoms with Crippen LogP contribution in [0.4, 0.5) is 5.82 Å². The summed E-state index contributed by atoms with van der Waals surface area (Å²) in [5.74, 6) is -0.656. The zero-order valence-electron chi connectivity index (χ0n) is 21.2. The molecule has 10 heteroatoms. The number of carbonyl (C=O) groups is 2. The molecule has 0 spiro atoms. The van der Waals surface area contributed by atoms with Crippen molar-refractivity contribution in [3.63, 3.8) is 0 Å². The topological polar surface area (TPSA) is 112 Å². The highest BCUT2D eigenvalue weighted by molar-refractivity contribution is 7.16. The van der Waals surface area contributed by atoms with E-state index in [1.165, 1.54) is 40.3 Å². The van der Waals surface area contributed by atoms with Crippen molar-refractivity contribution in [2.75, 3.05) is 5.32 Å². The molecule has 0 unspecified atom stereocenters. The van der Waals surface area contributed by atoms with Gasteiger partial charge in [-0.2, -0.15) is 9.78 Å². The SMILES string of the molecule is C=Cc1ccn(Cc2ccccc2)c(=O)c1-c1cc(NCc2ccc(Cl)s2)n(C(=O)c2ccc(C(N)=O)cc2)n1. The molecule has 0 fully saturated rings. The largest absolute Gasteiger partial charge is 0.366 e. The fourth-order valence-corrected chi connectivity index (χ4v) is 5.26. The predicted octanol–water partition coefficient (Wildman–Crippen LogP) is 5.52. The molecule has 200 valence electrons. The van der Waals surface area contributed by atoms with Gasteiger partial charge >= 0.3 is 0 Å². The molecule has 0 atom stereocenters. The molecule has 0 aliphatic heterocycles. The van der Waals surface area contributed by atoms with E-state index < -0.39 is 11.8 Å². The average molecular weight is 570 g/mol. The summed E-state index contributed by atoms with van der Waals surface area (Å²) in [4.78, 5) is 39.7. The number of hydrogen-bond donors (Lipinski definition) is 2. The Hall–Kier alpha value is -4.73. The van der Waals surface area contributed by atoms with Crippen LogP contribution in [0.2, 0.25) is 4.34 Å². The highest BCUT2D eigenvalue weighted by Crippen LogP contribution is 2.27. The van der Waals surface area contributed by atoms with Crippen molar-refractivity contribution < 1.29 is 9.59 Å². The first kappa shape index (κ1) is 26.9. The minimum Gasteiger partial charge on any atom is -0.366 e. The van der Waals surface area contributed by atoms with E-state index in [2.05, 4.69) is 17.0 Å². The van der Waals surface area contributed by atoms with Crippen LogP contribution in [0.5, 0.6) is 0 Å². The smallest absolute Gasteiger partial charge is 0.280 e. The fraction of sp³-hybridized carbons (Fsp3) is 0.0667. The first-order valence-corrected chi connectivity index (χ1v) is 13.5. The highest BCUT2D eigenvalue weighted by atomic mass is 35.5. The molecular formula is C30H24ClN5O3S. The molecule has 5 aromatic rings. The number of thiophene rings is 1. The number of carbonyl (C=O) groups excluding carboxylic acids is 2. The monoisotopic (exact) mass is 569 g/mol. The van der Waals surface area contributed by atoms with Gasteiger partial charge in [-0.1, -0.05) is 54.6 Å². The van der Waals surface area contributed by atoms with E-state index in [0.717, 1.165) is 10.4 Å². The van der Waals surface area contributed by atoms with Crippen LogP contribution in [-0.4, -0.2) is 26.2 Å². The van der Waals surface area contributed by atoms with E-state index in [4.69, 9.17) is 17.3 Å². The van der Waals surface area contributed by atoms with Gasteiger partial charge < -0.3 is 15.6 Å². The Kier molecular flexibility index (Phi) is 7.77. The third-order valence-electron chi connectivity index (χ3n) is 6.26. The van der Waals surface area contributed by atoms with Crippen LogP contribution in [0.1, 0.15) is 36.7 Å². The first-order chi connectivity index (χ1) is 19.3. The maximum atomic E-state index is 13.7. The van der Waals surface area contributed by atoms with Gasteiger partial charge in [-0.15, -0.1) is 11.3 Å². The number of benzene rings is 2. The normalized spacial score (nSPS) is 10.8. The van der Waals surface area contributed by atoms with Crippen LogP contribution in [0, 0.1) is 0 Å². The number of nitrogens with one attached hydrogen (secondary N) is 1. The van der Waals surface area contributed by atoms with Crippen LogP contribution in [0.25, 0.3) is 17.3 Å². The molecule has 5 rings (SSSR count). The Morgan fingerprint density at radius 1 is 1.02 bits per heavy atom. The molecule has 0 saturated heterocycles. The molecule has 0 aliphatic rings. The summed E-state index contributed by atoms with van der Waals surface area (Å²) in [6.45, 7) is 4.63. The summed E-state index contributed by atoms with van der Waals surface area (Å²) < 4.78 is 3.46. The number of nitrogens with two attached hydrogens (primary N) is 1. The molecule has 2 aromatic carbocycles.